The zero-order chi connectivity index (χ0) is 22.3. The van der Waals surface area contributed by atoms with Crippen LogP contribution in [-0.2, 0) is 23.9 Å². The molecule has 0 radical (unpaired) electrons. The molecule has 162 valence electrons. The number of carboxylic acid groups (broad SMARTS) is 1. The Morgan fingerprint density at radius 3 is 2.77 bits per heavy atom. The van der Waals surface area contributed by atoms with Gasteiger partial charge in [0.15, 0.2) is 0 Å². The Bertz CT molecular complexity index is 851. The van der Waals surface area contributed by atoms with Gasteiger partial charge in [0.25, 0.3) is 5.91 Å². The molecule has 1 heterocycles. The molecular weight excluding hydrogens is 529 g/mol. The molecule has 1 aromatic rings. The number of likely N-dealkylation sites (tertiary alicyclic amines) is 1. The topological polar surface area (TPSA) is 156 Å². The molecule has 10 nitrogen and oxygen atoms in total. The van der Waals surface area contributed by atoms with Crippen LogP contribution in [-0.4, -0.2) is 76.4 Å². The van der Waals surface area contributed by atoms with Crippen LogP contribution in [0.1, 0.15) is 16.8 Å². The summed E-state index contributed by atoms with van der Waals surface area (Å²) in [6.45, 7) is -0.671. The number of rotatable bonds is 10. The maximum atomic E-state index is 12.3. The van der Waals surface area contributed by atoms with Gasteiger partial charge in [-0.05, 0) is 40.8 Å². The van der Waals surface area contributed by atoms with Crippen molar-refractivity contribution in [2.75, 3.05) is 25.4 Å². The minimum absolute atomic E-state index is 0.00199. The van der Waals surface area contributed by atoms with Crippen molar-refractivity contribution in [1.82, 2.24) is 10.2 Å². The molecule has 1 fully saturated rings. The fourth-order valence-electron chi connectivity index (χ4n) is 2.50. The van der Waals surface area contributed by atoms with E-state index in [9.17, 15) is 24.0 Å². The van der Waals surface area contributed by atoms with Crippen molar-refractivity contribution >= 4 is 64.0 Å². The molecule has 1 aliphatic rings. The summed E-state index contributed by atoms with van der Waals surface area (Å²) < 4.78 is 5.85. The number of amides is 3. The Kier molecular flexibility index (Phi) is 9.05. The molecule has 1 aliphatic heterocycles. The van der Waals surface area contributed by atoms with E-state index in [1.165, 1.54) is 0 Å². The Morgan fingerprint density at radius 2 is 2.10 bits per heavy atom. The molecule has 1 saturated heterocycles. The van der Waals surface area contributed by atoms with Gasteiger partial charge < -0.3 is 20.9 Å². The van der Waals surface area contributed by atoms with Gasteiger partial charge >= 0.3 is 11.9 Å². The number of hydrogen-bond donors (Lipinski definition) is 3. The van der Waals surface area contributed by atoms with Gasteiger partial charge in [0, 0.05) is 21.3 Å². The van der Waals surface area contributed by atoms with Crippen molar-refractivity contribution in [2.24, 2.45) is 5.73 Å². The smallest absolute Gasteiger partial charge is 0.325 e. The minimum Gasteiger partial charge on any atom is -0.480 e. The molecule has 2 atom stereocenters. The van der Waals surface area contributed by atoms with Crippen LogP contribution in [0.15, 0.2) is 24.3 Å². The van der Waals surface area contributed by atoms with Crippen LogP contribution in [0.2, 0.25) is 0 Å². The standard InChI is InChI=1S/C18H20IN3O7S/c19-11-3-1-2-10(6-11)16(25)21-8-15(24)29-5-4-22-14(23)7-13(17(22)26)30-9-12(20)18(27)28/h1-3,6,12-13H,4-5,7-9,20H2,(H,21,25)(H,27,28)/t12-,13?/m0/s1. The lowest BCUT2D eigenvalue weighted by Gasteiger charge is -2.15. The Labute approximate surface area is 190 Å². The van der Waals surface area contributed by atoms with E-state index in [0.29, 0.717) is 5.56 Å². The fraction of sp³-hybridized carbons (Fsp3) is 0.389. The number of nitrogens with two attached hydrogens (primary N) is 1. The molecule has 1 unspecified atom stereocenters. The molecule has 2 rings (SSSR count). The van der Waals surface area contributed by atoms with Crippen molar-refractivity contribution in [3.63, 3.8) is 0 Å². The number of hydrogen-bond acceptors (Lipinski definition) is 8. The second kappa shape index (κ2) is 11.3. The van der Waals surface area contributed by atoms with Crippen molar-refractivity contribution in [3.8, 4) is 0 Å². The number of nitrogens with zero attached hydrogens (tertiary/aromatic N) is 1. The third-order valence-electron chi connectivity index (χ3n) is 4.05. The zero-order valence-electron chi connectivity index (χ0n) is 15.7. The lowest BCUT2D eigenvalue weighted by atomic mass is 10.2. The minimum atomic E-state index is -1.18. The highest BCUT2D eigenvalue weighted by Crippen LogP contribution is 2.25. The van der Waals surface area contributed by atoms with Gasteiger partial charge in [-0.15, -0.1) is 11.8 Å². The van der Waals surface area contributed by atoms with E-state index in [4.69, 9.17) is 15.6 Å². The highest BCUT2D eigenvalue weighted by molar-refractivity contribution is 14.1. The molecule has 4 N–H and O–H groups in total. The summed E-state index contributed by atoms with van der Waals surface area (Å²) in [5.74, 6) is -3.20. The van der Waals surface area contributed by atoms with E-state index >= 15 is 0 Å². The molecule has 0 aliphatic carbocycles. The lowest BCUT2D eigenvalue weighted by Crippen LogP contribution is -2.37. The first-order valence-corrected chi connectivity index (χ1v) is 11.0. The van der Waals surface area contributed by atoms with Crippen LogP contribution in [0, 0.1) is 3.57 Å². The summed E-state index contributed by atoms with van der Waals surface area (Å²) in [6, 6.07) is 5.72. The normalized spacial score (nSPS) is 17.0. The van der Waals surface area contributed by atoms with Crippen LogP contribution < -0.4 is 11.1 Å². The van der Waals surface area contributed by atoms with E-state index in [0.717, 1.165) is 20.2 Å². The van der Waals surface area contributed by atoms with Crippen molar-refractivity contribution < 1.29 is 33.8 Å². The highest BCUT2D eigenvalue weighted by atomic mass is 127. The average Bonchev–Trinajstić information content (AvgIpc) is 2.97. The van der Waals surface area contributed by atoms with Crippen molar-refractivity contribution in [3.05, 3.63) is 33.4 Å². The second-order valence-corrected chi connectivity index (χ2v) is 8.75. The number of thioether (sulfide) groups is 1. The molecule has 12 heteroatoms. The summed E-state index contributed by atoms with van der Waals surface area (Å²) in [6.07, 6.45) is -0.0598. The van der Waals surface area contributed by atoms with Gasteiger partial charge in [0.05, 0.1) is 11.8 Å². The molecular formula is C18H20IN3O7S. The molecule has 0 aromatic heterocycles. The fourth-order valence-corrected chi connectivity index (χ4v) is 4.15. The van der Waals surface area contributed by atoms with Gasteiger partial charge in [-0.25, -0.2) is 0 Å². The number of ether oxygens (including phenoxy) is 1. The number of carboxylic acids is 1. The number of halogens is 1. The first kappa shape index (κ1) is 24.1. The number of carbonyl (C=O) groups is 5. The van der Waals surface area contributed by atoms with E-state index < -0.39 is 41.0 Å². The van der Waals surface area contributed by atoms with Crippen LogP contribution in [0.4, 0.5) is 0 Å². The van der Waals surface area contributed by atoms with Crippen molar-refractivity contribution in [2.45, 2.75) is 17.7 Å². The van der Waals surface area contributed by atoms with E-state index in [-0.39, 0.29) is 31.9 Å². The third kappa shape index (κ3) is 6.95. The molecule has 0 saturated carbocycles. The number of aliphatic carboxylic acids is 1. The van der Waals surface area contributed by atoms with Crippen LogP contribution in [0.25, 0.3) is 0 Å². The predicted octanol–water partition coefficient (Wildman–Crippen LogP) is -0.163. The summed E-state index contributed by atoms with van der Waals surface area (Å²) >= 11 is 3.08. The van der Waals surface area contributed by atoms with Crippen LogP contribution in [0.3, 0.4) is 0 Å². The van der Waals surface area contributed by atoms with E-state index in [1.54, 1.807) is 18.2 Å². The zero-order valence-corrected chi connectivity index (χ0v) is 18.7. The highest BCUT2D eigenvalue weighted by Gasteiger charge is 2.39. The van der Waals surface area contributed by atoms with Crippen molar-refractivity contribution in [1.29, 1.82) is 0 Å². The third-order valence-corrected chi connectivity index (χ3v) is 6.05. The van der Waals surface area contributed by atoms with E-state index in [1.807, 2.05) is 6.07 Å². The van der Waals surface area contributed by atoms with Gasteiger partial charge in [0.2, 0.25) is 11.8 Å². The molecule has 0 bridgehead atoms. The average molecular weight is 549 g/mol. The quantitative estimate of drug-likeness (QED) is 0.205. The van der Waals surface area contributed by atoms with E-state index in [2.05, 4.69) is 27.9 Å². The maximum absolute atomic E-state index is 12.3. The van der Waals surface area contributed by atoms with Gasteiger partial charge in [-0.2, -0.15) is 0 Å². The molecule has 0 spiro atoms. The molecule has 1 aromatic carbocycles. The molecule has 3 amide bonds. The van der Waals surface area contributed by atoms with Gasteiger partial charge in [-0.3, -0.25) is 28.9 Å². The maximum Gasteiger partial charge on any atom is 0.325 e. The monoisotopic (exact) mass is 549 g/mol. The van der Waals surface area contributed by atoms with Crippen LogP contribution >= 0.6 is 34.4 Å². The Morgan fingerprint density at radius 1 is 1.37 bits per heavy atom. The predicted molar refractivity (Wildman–Crippen MR) is 116 cm³/mol. The summed E-state index contributed by atoms with van der Waals surface area (Å²) in [5.41, 5.74) is 5.81. The summed E-state index contributed by atoms with van der Waals surface area (Å²) in [7, 11) is 0. The number of nitrogens with one attached hydrogen (secondary N) is 1. The number of imide groups is 1. The summed E-state index contributed by atoms with van der Waals surface area (Å²) in [4.78, 5) is 59.8. The van der Waals surface area contributed by atoms with Crippen LogP contribution in [0.5, 0.6) is 0 Å². The Hall–Kier alpha value is -2.19. The number of benzene rings is 1. The summed E-state index contributed by atoms with van der Waals surface area (Å²) in [5, 5.41) is 10.5. The number of esters is 1. The van der Waals surface area contributed by atoms with Gasteiger partial charge in [0.1, 0.15) is 19.2 Å². The lowest BCUT2D eigenvalue weighted by molar-refractivity contribution is -0.147. The van der Waals surface area contributed by atoms with Gasteiger partial charge in [-0.1, -0.05) is 6.07 Å². The first-order chi connectivity index (χ1) is 14.2. The number of carbonyl (C=O) groups excluding carboxylic acids is 4. The largest absolute Gasteiger partial charge is 0.480 e. The SMILES string of the molecule is N[C@@H](CSC1CC(=O)N(CCOC(=O)CNC(=O)c2cccc(I)c2)C1=O)C(=O)O. The Balaban J connectivity index is 1.71. The first-order valence-electron chi connectivity index (χ1n) is 8.82. The molecule has 30 heavy (non-hydrogen) atoms. The second-order valence-electron chi connectivity index (χ2n) is 6.27.